The Bertz CT molecular complexity index is 830. The van der Waals surface area contributed by atoms with E-state index in [4.69, 9.17) is 4.74 Å². The Kier molecular flexibility index (Phi) is 8.36. The zero-order valence-corrected chi connectivity index (χ0v) is 19.4. The predicted octanol–water partition coefficient (Wildman–Crippen LogP) is 3.44. The van der Waals surface area contributed by atoms with E-state index in [0.29, 0.717) is 24.3 Å². The number of ether oxygens (including phenoxy) is 1. The minimum Gasteiger partial charge on any atom is -0.379 e. The van der Waals surface area contributed by atoms with Gasteiger partial charge in [0.2, 0.25) is 5.91 Å². The molecule has 2 heterocycles. The third-order valence-electron chi connectivity index (χ3n) is 5.40. The average molecular weight is 431 g/mol. The zero-order chi connectivity index (χ0) is 21.5. The van der Waals surface area contributed by atoms with Crippen LogP contribution in [-0.2, 0) is 9.53 Å². The first-order valence-corrected chi connectivity index (χ1v) is 11.7. The second-order valence-electron chi connectivity index (χ2n) is 8.39. The van der Waals surface area contributed by atoms with Crippen molar-refractivity contribution < 1.29 is 9.53 Å². The summed E-state index contributed by atoms with van der Waals surface area (Å²) in [5.41, 5.74) is 3.50. The number of morpholine rings is 1. The van der Waals surface area contributed by atoms with Crippen LogP contribution in [0.15, 0.2) is 35.7 Å². The van der Waals surface area contributed by atoms with Gasteiger partial charge in [0, 0.05) is 38.1 Å². The van der Waals surface area contributed by atoms with Gasteiger partial charge in [-0.15, -0.1) is 0 Å². The van der Waals surface area contributed by atoms with Crippen LogP contribution in [0.2, 0.25) is 0 Å². The van der Waals surface area contributed by atoms with Crippen molar-refractivity contribution >= 4 is 17.7 Å². The maximum absolute atomic E-state index is 12.6. The molecule has 0 saturated carbocycles. The molecule has 2 aromatic rings. The number of hydrogen-bond acceptors (Lipinski definition) is 5. The lowest BCUT2D eigenvalue weighted by molar-refractivity contribution is -0.118. The third kappa shape index (κ3) is 6.33. The number of hydrogen-bond donors (Lipinski definition) is 1. The molecule has 0 spiro atoms. The molecule has 164 valence electrons. The van der Waals surface area contributed by atoms with Crippen LogP contribution in [0.5, 0.6) is 0 Å². The summed E-state index contributed by atoms with van der Waals surface area (Å²) in [6.07, 6.45) is 4.82. The Hall–Kier alpha value is -1.83. The SMILES string of the molecule is Cc1ccc(C)c(-n2ccnc2SCC(=O)NCC(CC(C)C)N2CCOCC2)c1. The van der Waals surface area contributed by atoms with E-state index in [1.807, 2.05) is 6.20 Å². The van der Waals surface area contributed by atoms with E-state index in [1.54, 1.807) is 6.20 Å². The van der Waals surface area contributed by atoms with Crippen LogP contribution in [0.3, 0.4) is 0 Å². The van der Waals surface area contributed by atoms with Gasteiger partial charge in [-0.25, -0.2) is 4.98 Å². The number of amides is 1. The number of carbonyl (C=O) groups excluding carboxylic acids is 1. The molecule has 3 rings (SSSR count). The van der Waals surface area contributed by atoms with Crippen molar-refractivity contribution in [1.82, 2.24) is 19.8 Å². The van der Waals surface area contributed by atoms with E-state index in [1.165, 1.54) is 22.9 Å². The minimum atomic E-state index is 0.0533. The van der Waals surface area contributed by atoms with Gasteiger partial charge in [-0.05, 0) is 43.4 Å². The van der Waals surface area contributed by atoms with Crippen LogP contribution >= 0.6 is 11.8 Å². The van der Waals surface area contributed by atoms with Crippen LogP contribution < -0.4 is 5.32 Å². The molecule has 6 nitrogen and oxygen atoms in total. The number of rotatable bonds is 9. The highest BCUT2D eigenvalue weighted by molar-refractivity contribution is 7.99. The topological polar surface area (TPSA) is 59.4 Å². The van der Waals surface area contributed by atoms with Gasteiger partial charge in [-0.3, -0.25) is 14.3 Å². The third-order valence-corrected chi connectivity index (χ3v) is 6.37. The summed E-state index contributed by atoms with van der Waals surface area (Å²) in [4.78, 5) is 19.5. The van der Waals surface area contributed by atoms with Gasteiger partial charge in [-0.1, -0.05) is 37.7 Å². The molecule has 1 atom stereocenters. The standard InChI is InChI=1S/C23H34N4O2S/c1-17(2)13-20(26-9-11-29-12-10-26)15-25-22(28)16-30-23-24-7-8-27(23)21-14-18(3)5-6-19(21)4/h5-8,14,17,20H,9-13,15-16H2,1-4H3,(H,25,28). The highest BCUT2D eigenvalue weighted by Crippen LogP contribution is 2.23. The number of nitrogens with one attached hydrogen (secondary N) is 1. The molecule has 30 heavy (non-hydrogen) atoms. The summed E-state index contributed by atoms with van der Waals surface area (Å²) in [5.74, 6) is 1.01. The van der Waals surface area contributed by atoms with Gasteiger partial charge >= 0.3 is 0 Å². The molecule has 1 aromatic heterocycles. The van der Waals surface area contributed by atoms with Gasteiger partial charge < -0.3 is 10.1 Å². The molecule has 1 aliphatic rings. The van der Waals surface area contributed by atoms with Gasteiger partial charge in [0.05, 0.1) is 24.7 Å². The van der Waals surface area contributed by atoms with Crippen LogP contribution in [0, 0.1) is 19.8 Å². The zero-order valence-electron chi connectivity index (χ0n) is 18.6. The van der Waals surface area contributed by atoms with Gasteiger partial charge in [0.15, 0.2) is 5.16 Å². The monoisotopic (exact) mass is 430 g/mol. The fourth-order valence-corrected chi connectivity index (χ4v) is 4.62. The highest BCUT2D eigenvalue weighted by Gasteiger charge is 2.22. The first-order valence-electron chi connectivity index (χ1n) is 10.8. The maximum Gasteiger partial charge on any atom is 0.230 e. The molecule has 1 fully saturated rings. The molecular weight excluding hydrogens is 396 g/mol. The minimum absolute atomic E-state index is 0.0533. The number of carbonyl (C=O) groups is 1. The first-order chi connectivity index (χ1) is 14.4. The van der Waals surface area contributed by atoms with Crippen molar-refractivity contribution in [1.29, 1.82) is 0 Å². The number of benzene rings is 1. The Morgan fingerprint density at radius 2 is 2.03 bits per heavy atom. The molecule has 1 amide bonds. The van der Waals surface area contributed by atoms with E-state index < -0.39 is 0 Å². The first kappa shape index (κ1) is 22.8. The smallest absolute Gasteiger partial charge is 0.230 e. The lowest BCUT2D eigenvalue weighted by atomic mass is 10.0. The number of thioether (sulfide) groups is 1. The lowest BCUT2D eigenvalue weighted by Gasteiger charge is -2.35. The Morgan fingerprint density at radius 3 is 2.77 bits per heavy atom. The summed E-state index contributed by atoms with van der Waals surface area (Å²) in [5, 5.41) is 3.99. The van der Waals surface area contributed by atoms with E-state index >= 15 is 0 Å². The summed E-state index contributed by atoms with van der Waals surface area (Å²) < 4.78 is 7.55. The summed E-state index contributed by atoms with van der Waals surface area (Å²) in [6.45, 7) is 12.8. The molecule has 1 unspecified atom stereocenters. The Morgan fingerprint density at radius 1 is 1.27 bits per heavy atom. The largest absolute Gasteiger partial charge is 0.379 e. The van der Waals surface area contributed by atoms with Crippen molar-refractivity contribution in [2.45, 2.75) is 45.3 Å². The van der Waals surface area contributed by atoms with Crippen LogP contribution in [0.25, 0.3) is 5.69 Å². The average Bonchev–Trinajstić information content (AvgIpc) is 3.20. The van der Waals surface area contributed by atoms with Crippen LogP contribution in [-0.4, -0.2) is 65.0 Å². The molecule has 0 aliphatic carbocycles. The molecular formula is C23H34N4O2S. The number of imidazole rings is 1. The quantitative estimate of drug-likeness (QED) is 0.618. The van der Waals surface area contributed by atoms with Crippen molar-refractivity contribution in [2.24, 2.45) is 5.92 Å². The normalized spacial score (nSPS) is 16.0. The molecule has 1 aliphatic heterocycles. The summed E-state index contributed by atoms with van der Waals surface area (Å²) >= 11 is 1.48. The lowest BCUT2D eigenvalue weighted by Crippen LogP contribution is -2.49. The predicted molar refractivity (Wildman–Crippen MR) is 122 cm³/mol. The van der Waals surface area contributed by atoms with E-state index in [-0.39, 0.29) is 5.91 Å². The van der Waals surface area contributed by atoms with Crippen molar-refractivity contribution in [3.63, 3.8) is 0 Å². The van der Waals surface area contributed by atoms with E-state index in [2.05, 4.69) is 65.7 Å². The number of nitrogens with zero attached hydrogens (tertiary/aromatic N) is 3. The van der Waals surface area contributed by atoms with E-state index in [9.17, 15) is 4.79 Å². The molecule has 1 aromatic carbocycles. The fourth-order valence-electron chi connectivity index (χ4n) is 3.82. The van der Waals surface area contributed by atoms with Crippen molar-refractivity contribution in [3.05, 3.63) is 41.7 Å². The molecule has 0 bridgehead atoms. The Labute approximate surface area is 184 Å². The highest BCUT2D eigenvalue weighted by atomic mass is 32.2. The molecule has 7 heteroatoms. The van der Waals surface area contributed by atoms with Gasteiger partial charge in [-0.2, -0.15) is 0 Å². The summed E-state index contributed by atoms with van der Waals surface area (Å²) in [7, 11) is 0. The number of aromatic nitrogens is 2. The summed E-state index contributed by atoms with van der Waals surface area (Å²) in [6, 6.07) is 6.74. The van der Waals surface area contributed by atoms with Gasteiger partial charge in [0.25, 0.3) is 0 Å². The number of aryl methyl sites for hydroxylation is 2. The maximum atomic E-state index is 12.6. The second-order valence-corrected chi connectivity index (χ2v) is 9.34. The van der Waals surface area contributed by atoms with Crippen LogP contribution in [0.4, 0.5) is 0 Å². The van der Waals surface area contributed by atoms with Gasteiger partial charge in [0.1, 0.15) is 0 Å². The van der Waals surface area contributed by atoms with Crippen LogP contribution in [0.1, 0.15) is 31.4 Å². The fraction of sp³-hybridized carbons (Fsp3) is 0.565. The Balaban J connectivity index is 1.56. The second kappa shape index (κ2) is 11.0. The molecule has 1 N–H and O–H groups in total. The molecule has 1 saturated heterocycles. The van der Waals surface area contributed by atoms with Crippen molar-refractivity contribution in [2.75, 3.05) is 38.6 Å². The molecule has 0 radical (unpaired) electrons. The van der Waals surface area contributed by atoms with E-state index in [0.717, 1.165) is 43.6 Å². The van der Waals surface area contributed by atoms with Crippen molar-refractivity contribution in [3.8, 4) is 5.69 Å².